The first-order valence-corrected chi connectivity index (χ1v) is 12.5. The van der Waals surface area contributed by atoms with Crippen molar-refractivity contribution in [2.45, 2.75) is 50.5 Å². The molecule has 0 aromatic heterocycles. The van der Waals surface area contributed by atoms with E-state index in [0.29, 0.717) is 31.6 Å². The molecular weight excluding hydrogens is 467 g/mol. The van der Waals surface area contributed by atoms with Crippen molar-refractivity contribution in [3.63, 3.8) is 0 Å². The molecule has 7 nitrogen and oxygen atoms in total. The van der Waals surface area contributed by atoms with Crippen LogP contribution in [-0.4, -0.2) is 48.7 Å². The number of nitrogens with zero attached hydrogens (tertiary/aromatic N) is 5. The molecule has 1 saturated heterocycles. The van der Waals surface area contributed by atoms with Crippen molar-refractivity contribution in [2.75, 3.05) is 36.0 Å². The van der Waals surface area contributed by atoms with Gasteiger partial charge in [-0.15, -0.1) is 0 Å². The lowest BCUT2D eigenvalue weighted by atomic mass is 9.87. The summed E-state index contributed by atoms with van der Waals surface area (Å²) in [4.78, 5) is 14.4. The van der Waals surface area contributed by atoms with Gasteiger partial charge >= 0.3 is 6.18 Å². The highest BCUT2D eigenvalue weighted by Gasteiger charge is 2.46. The van der Waals surface area contributed by atoms with E-state index in [1.54, 1.807) is 6.07 Å². The Morgan fingerprint density at radius 3 is 2.25 bits per heavy atom. The molecule has 5 rings (SSSR count). The largest absolute Gasteiger partial charge is 0.418 e. The second-order valence-corrected chi connectivity index (χ2v) is 9.77. The van der Waals surface area contributed by atoms with E-state index in [4.69, 9.17) is 11.5 Å². The minimum absolute atomic E-state index is 0.0178. The number of anilines is 2. The maximum atomic E-state index is 14.4. The van der Waals surface area contributed by atoms with Gasteiger partial charge in [0.2, 0.25) is 11.9 Å². The van der Waals surface area contributed by atoms with Crippen molar-refractivity contribution in [2.24, 2.45) is 21.5 Å². The first kappa shape index (κ1) is 24.4. The van der Waals surface area contributed by atoms with Crippen LogP contribution in [0.4, 0.5) is 24.5 Å². The molecule has 1 spiro atoms. The Labute approximate surface area is 209 Å². The summed E-state index contributed by atoms with van der Waals surface area (Å²) in [5.74, 6) is -0.0265. The van der Waals surface area contributed by atoms with E-state index >= 15 is 0 Å². The molecule has 0 bridgehead atoms. The zero-order valence-corrected chi connectivity index (χ0v) is 20.2. The second kappa shape index (κ2) is 9.65. The van der Waals surface area contributed by atoms with Crippen molar-refractivity contribution < 1.29 is 13.2 Å². The number of piperazine rings is 1. The molecule has 1 aliphatic carbocycles. The van der Waals surface area contributed by atoms with Crippen molar-refractivity contribution in [1.29, 1.82) is 0 Å². The maximum absolute atomic E-state index is 14.4. The number of rotatable bonds is 4. The van der Waals surface area contributed by atoms with Crippen LogP contribution in [0.5, 0.6) is 0 Å². The van der Waals surface area contributed by atoms with Crippen molar-refractivity contribution in [1.82, 2.24) is 4.90 Å². The maximum Gasteiger partial charge on any atom is 0.418 e. The number of guanidine groups is 2. The predicted octanol–water partition coefficient (Wildman–Crippen LogP) is 4.14. The highest BCUT2D eigenvalue weighted by Crippen LogP contribution is 2.45. The van der Waals surface area contributed by atoms with Crippen LogP contribution in [-0.2, 0) is 12.7 Å². The summed E-state index contributed by atoms with van der Waals surface area (Å²) < 4.78 is 43.3. The summed E-state index contributed by atoms with van der Waals surface area (Å²) >= 11 is 0. The normalized spacial score (nSPS) is 20.9. The van der Waals surface area contributed by atoms with Crippen LogP contribution in [0.15, 0.2) is 58.5 Å². The lowest BCUT2D eigenvalue weighted by Gasteiger charge is -2.46. The van der Waals surface area contributed by atoms with Gasteiger partial charge in [0, 0.05) is 38.4 Å². The number of nitrogens with two attached hydrogens (primary N) is 2. The molecule has 192 valence electrons. The molecular formula is C26H32F3N7. The monoisotopic (exact) mass is 499 g/mol. The summed E-state index contributed by atoms with van der Waals surface area (Å²) in [6, 6.07) is 14.7. The van der Waals surface area contributed by atoms with Crippen LogP contribution in [0.2, 0.25) is 0 Å². The zero-order chi connectivity index (χ0) is 25.3. The molecule has 2 aromatic rings. The van der Waals surface area contributed by atoms with Gasteiger partial charge in [0.15, 0.2) is 0 Å². The molecule has 3 aliphatic rings. The van der Waals surface area contributed by atoms with Gasteiger partial charge in [0.25, 0.3) is 0 Å². The molecule has 2 heterocycles. The second-order valence-electron chi connectivity index (χ2n) is 9.77. The Kier molecular flexibility index (Phi) is 6.55. The van der Waals surface area contributed by atoms with Gasteiger partial charge in [-0.25, -0.2) is 4.99 Å². The number of halogens is 3. The Hall–Kier alpha value is -3.27. The van der Waals surface area contributed by atoms with Gasteiger partial charge in [-0.2, -0.15) is 18.2 Å². The molecule has 0 amide bonds. The Bertz CT molecular complexity index is 1130. The lowest BCUT2D eigenvalue weighted by molar-refractivity contribution is -0.137. The standard InChI is InChI=1S/C26H32F3N7/c27-26(28,29)21-17-20(35-15-13-34(14-16-35)18-19-7-3-1-4-8-19)9-10-22(21)36-24(31)32-23(30)33-25(36)11-5-2-6-12-25/h1,3-4,7-10,17H,2,5-6,11-16,18H2,(H4,30,31,32,33). The third kappa shape index (κ3) is 4.86. The molecule has 4 N–H and O–H groups in total. The van der Waals surface area contributed by atoms with E-state index in [9.17, 15) is 13.2 Å². The Morgan fingerprint density at radius 2 is 1.58 bits per heavy atom. The molecule has 0 unspecified atom stereocenters. The third-order valence-corrected chi connectivity index (χ3v) is 7.36. The minimum Gasteiger partial charge on any atom is -0.369 e. The van der Waals surface area contributed by atoms with Crippen molar-refractivity contribution in [3.05, 3.63) is 59.7 Å². The average Bonchev–Trinajstić information content (AvgIpc) is 2.85. The van der Waals surface area contributed by atoms with E-state index in [-0.39, 0.29) is 17.6 Å². The quantitative estimate of drug-likeness (QED) is 0.661. The summed E-state index contributed by atoms with van der Waals surface area (Å²) in [6.07, 6.45) is -0.730. The fourth-order valence-electron chi connectivity index (χ4n) is 5.62. The summed E-state index contributed by atoms with van der Waals surface area (Å²) in [5, 5.41) is 0. The van der Waals surface area contributed by atoms with E-state index in [1.807, 2.05) is 23.1 Å². The molecule has 0 atom stereocenters. The highest BCUT2D eigenvalue weighted by atomic mass is 19.4. The van der Waals surface area contributed by atoms with Gasteiger partial charge < -0.3 is 16.4 Å². The van der Waals surface area contributed by atoms with Crippen LogP contribution in [0.1, 0.15) is 43.2 Å². The number of aliphatic imine (C=N–C) groups is 2. The van der Waals surface area contributed by atoms with Gasteiger partial charge in [-0.3, -0.25) is 9.80 Å². The van der Waals surface area contributed by atoms with Gasteiger partial charge in [-0.1, -0.05) is 36.8 Å². The number of alkyl halides is 3. The SMILES string of the molecule is NC1=NC2(CCCCC2)N(c2ccc(N3CCN(Cc4ccccc4)CC3)cc2C(F)(F)F)C(N)=N1. The van der Waals surface area contributed by atoms with Crippen LogP contribution < -0.4 is 21.3 Å². The van der Waals surface area contributed by atoms with Gasteiger partial charge in [-0.05, 0) is 49.4 Å². The van der Waals surface area contributed by atoms with Crippen LogP contribution in [0.25, 0.3) is 0 Å². The highest BCUT2D eigenvalue weighted by molar-refractivity contribution is 6.06. The van der Waals surface area contributed by atoms with Gasteiger partial charge in [0.1, 0.15) is 5.66 Å². The molecule has 2 aromatic carbocycles. The molecule has 10 heteroatoms. The third-order valence-electron chi connectivity index (χ3n) is 7.36. The van der Waals surface area contributed by atoms with Crippen LogP contribution >= 0.6 is 0 Å². The molecule has 1 saturated carbocycles. The fourth-order valence-corrected chi connectivity index (χ4v) is 5.62. The minimum atomic E-state index is -4.57. The van der Waals surface area contributed by atoms with E-state index in [1.165, 1.54) is 22.6 Å². The van der Waals surface area contributed by atoms with E-state index in [0.717, 1.165) is 38.9 Å². The zero-order valence-electron chi connectivity index (χ0n) is 20.2. The average molecular weight is 500 g/mol. The molecule has 2 aliphatic heterocycles. The topological polar surface area (TPSA) is 86.5 Å². The Morgan fingerprint density at radius 1 is 0.889 bits per heavy atom. The van der Waals surface area contributed by atoms with Crippen LogP contribution in [0, 0.1) is 0 Å². The summed E-state index contributed by atoms with van der Waals surface area (Å²) in [7, 11) is 0. The first-order chi connectivity index (χ1) is 17.2. The smallest absolute Gasteiger partial charge is 0.369 e. The fraction of sp³-hybridized carbons (Fsp3) is 0.462. The molecule has 2 fully saturated rings. The number of benzene rings is 2. The molecule has 36 heavy (non-hydrogen) atoms. The van der Waals surface area contributed by atoms with Crippen LogP contribution in [0.3, 0.4) is 0 Å². The van der Waals surface area contributed by atoms with E-state index < -0.39 is 17.4 Å². The predicted molar refractivity (Wildman–Crippen MR) is 137 cm³/mol. The summed E-state index contributed by atoms with van der Waals surface area (Å²) in [6.45, 7) is 3.70. The van der Waals surface area contributed by atoms with Crippen molar-refractivity contribution in [3.8, 4) is 0 Å². The number of hydrogen-bond acceptors (Lipinski definition) is 7. The number of hydrogen-bond donors (Lipinski definition) is 2. The summed E-state index contributed by atoms with van der Waals surface area (Å²) in [5.41, 5.74) is 12.2. The Balaban J connectivity index is 1.41. The lowest BCUT2D eigenvalue weighted by Crippen LogP contribution is -2.58. The van der Waals surface area contributed by atoms with E-state index in [2.05, 4.69) is 27.0 Å². The van der Waals surface area contributed by atoms with Crippen molar-refractivity contribution >= 4 is 23.3 Å². The molecule has 0 radical (unpaired) electrons. The first-order valence-electron chi connectivity index (χ1n) is 12.5. The van der Waals surface area contributed by atoms with Gasteiger partial charge in [0.05, 0.1) is 11.3 Å².